The first-order valence-electron chi connectivity index (χ1n) is 10.4. The third kappa shape index (κ3) is 5.20. The van der Waals surface area contributed by atoms with Gasteiger partial charge in [0.1, 0.15) is 5.54 Å². The summed E-state index contributed by atoms with van der Waals surface area (Å²) in [5.41, 5.74) is -0.873. The minimum atomic E-state index is -4.48. The van der Waals surface area contributed by atoms with Crippen LogP contribution in [0.1, 0.15) is 28.1 Å². The average molecular weight is 474 g/mol. The van der Waals surface area contributed by atoms with E-state index in [-0.39, 0.29) is 24.6 Å². The van der Waals surface area contributed by atoms with E-state index in [1.165, 1.54) is 24.4 Å². The molecule has 0 radical (unpaired) electrons. The molecule has 1 aliphatic heterocycles. The highest BCUT2D eigenvalue weighted by Crippen LogP contribution is 2.35. The summed E-state index contributed by atoms with van der Waals surface area (Å²) in [5.74, 6) is -1.01. The second kappa shape index (κ2) is 9.56. The lowest BCUT2D eigenvalue weighted by molar-refractivity contribution is -0.137. The zero-order valence-corrected chi connectivity index (χ0v) is 17.8. The summed E-state index contributed by atoms with van der Waals surface area (Å²) >= 11 is 0. The van der Waals surface area contributed by atoms with Crippen LogP contribution in [0.2, 0.25) is 0 Å². The molecule has 0 saturated carbocycles. The fraction of sp³-hybridized carbons (Fsp3) is 0.261. The molecule has 2 aromatic carbocycles. The number of para-hydroxylation sites is 1. The third-order valence-corrected chi connectivity index (χ3v) is 5.38. The van der Waals surface area contributed by atoms with Crippen molar-refractivity contribution in [3.05, 3.63) is 78.0 Å². The van der Waals surface area contributed by atoms with Crippen molar-refractivity contribution < 1.29 is 31.9 Å². The maximum Gasteiger partial charge on any atom is 0.418 e. The number of halogens is 3. The van der Waals surface area contributed by atoms with Gasteiger partial charge in [0.2, 0.25) is 11.7 Å². The Labute approximate surface area is 192 Å². The van der Waals surface area contributed by atoms with E-state index in [1.807, 2.05) is 0 Å². The lowest BCUT2D eigenvalue weighted by Gasteiger charge is -2.27. The number of carbonyl (C=O) groups is 2. The second-order valence-corrected chi connectivity index (χ2v) is 7.75. The van der Waals surface area contributed by atoms with Gasteiger partial charge in [0, 0.05) is 25.3 Å². The van der Waals surface area contributed by atoms with E-state index in [0.29, 0.717) is 18.7 Å². The molecular weight excluding hydrogens is 453 g/mol. The summed E-state index contributed by atoms with van der Waals surface area (Å²) in [6.07, 6.45) is -1.82. The van der Waals surface area contributed by atoms with Crippen LogP contribution in [0.5, 0.6) is 0 Å². The largest absolute Gasteiger partial charge is 0.438 e. The molecular formula is C23H21F3N4O4. The molecule has 34 heavy (non-hydrogen) atoms. The van der Waals surface area contributed by atoms with Gasteiger partial charge >= 0.3 is 6.18 Å². The van der Waals surface area contributed by atoms with Crippen LogP contribution in [0.25, 0.3) is 0 Å². The number of hydrogen-bond donors (Lipinski definition) is 3. The highest BCUT2D eigenvalue weighted by molar-refractivity contribution is 5.97. The molecule has 2 amide bonds. The summed E-state index contributed by atoms with van der Waals surface area (Å²) in [6.45, 7) is 0.474. The van der Waals surface area contributed by atoms with Gasteiger partial charge in [-0.3, -0.25) is 9.59 Å². The maximum absolute atomic E-state index is 13.2. The topological polar surface area (TPSA) is 105 Å². The Morgan fingerprint density at radius 3 is 2.50 bits per heavy atom. The number of alkyl halides is 3. The van der Waals surface area contributed by atoms with E-state index in [4.69, 9.17) is 9.15 Å². The lowest BCUT2D eigenvalue weighted by Crippen LogP contribution is -2.59. The lowest BCUT2D eigenvalue weighted by atomic mass is 9.97. The van der Waals surface area contributed by atoms with Crippen LogP contribution >= 0.6 is 0 Å². The van der Waals surface area contributed by atoms with Crippen LogP contribution in [-0.4, -0.2) is 35.6 Å². The average Bonchev–Trinajstić information content (AvgIpc) is 3.51. The van der Waals surface area contributed by atoms with Crippen LogP contribution in [0.15, 0.2) is 65.5 Å². The zero-order chi connectivity index (χ0) is 24.2. The summed E-state index contributed by atoms with van der Waals surface area (Å²) in [7, 11) is 0. The van der Waals surface area contributed by atoms with Gasteiger partial charge in [0.25, 0.3) is 5.91 Å². The van der Waals surface area contributed by atoms with E-state index in [9.17, 15) is 22.8 Å². The van der Waals surface area contributed by atoms with Crippen LogP contribution in [-0.2, 0) is 22.3 Å². The fourth-order valence-electron chi connectivity index (χ4n) is 3.56. The van der Waals surface area contributed by atoms with E-state index in [0.717, 1.165) is 18.0 Å². The highest BCUT2D eigenvalue weighted by Gasteiger charge is 2.44. The first kappa shape index (κ1) is 23.3. The Bertz CT molecular complexity index is 1140. The molecule has 0 aliphatic carbocycles. The van der Waals surface area contributed by atoms with Crippen LogP contribution in [0.4, 0.5) is 24.5 Å². The van der Waals surface area contributed by atoms with Crippen molar-refractivity contribution in [3.63, 3.8) is 0 Å². The minimum Gasteiger partial charge on any atom is -0.438 e. The van der Waals surface area contributed by atoms with Crippen molar-refractivity contribution in [1.82, 2.24) is 15.6 Å². The summed E-state index contributed by atoms with van der Waals surface area (Å²) in [4.78, 5) is 29.0. The third-order valence-electron chi connectivity index (χ3n) is 5.38. The molecule has 2 heterocycles. The fourth-order valence-corrected chi connectivity index (χ4v) is 3.56. The standard InChI is InChI=1S/C23H21F3N4O4/c24-23(25,26)17-3-1-2-4-18(17)29-16-7-5-15(6-8-16)11-28-21(32)22(9-10-33-13-22)30-20(31)19-12-27-14-34-19/h1-8,12,14,29H,9-11,13H2,(H,28,32)(H,30,31)/t22-/m0/s1. The molecule has 0 bridgehead atoms. The van der Waals surface area contributed by atoms with Crippen LogP contribution < -0.4 is 16.0 Å². The molecule has 1 saturated heterocycles. The monoisotopic (exact) mass is 474 g/mol. The van der Waals surface area contributed by atoms with Gasteiger partial charge < -0.3 is 25.1 Å². The number of hydrogen-bond acceptors (Lipinski definition) is 6. The van der Waals surface area contributed by atoms with Gasteiger partial charge in [0.05, 0.1) is 24.1 Å². The molecule has 178 valence electrons. The first-order chi connectivity index (χ1) is 16.3. The Morgan fingerprint density at radius 2 is 1.85 bits per heavy atom. The predicted molar refractivity (Wildman–Crippen MR) is 115 cm³/mol. The number of aromatic nitrogens is 1. The normalized spacial score (nSPS) is 17.9. The molecule has 3 aromatic rings. The molecule has 0 unspecified atom stereocenters. The predicted octanol–water partition coefficient (Wildman–Crippen LogP) is 3.64. The van der Waals surface area contributed by atoms with Gasteiger partial charge in [-0.1, -0.05) is 24.3 Å². The summed E-state index contributed by atoms with van der Waals surface area (Å²) < 4.78 is 49.9. The molecule has 11 heteroatoms. The molecule has 8 nitrogen and oxygen atoms in total. The molecule has 3 N–H and O–H groups in total. The molecule has 1 aromatic heterocycles. The molecule has 4 rings (SSSR count). The second-order valence-electron chi connectivity index (χ2n) is 7.75. The number of rotatable bonds is 7. The van der Waals surface area contributed by atoms with Gasteiger partial charge in [-0.05, 0) is 29.8 Å². The van der Waals surface area contributed by atoms with Crippen molar-refractivity contribution in [2.45, 2.75) is 24.7 Å². The number of oxazole rings is 1. The SMILES string of the molecule is O=C(N[C@@]1(C(=O)NCc2ccc(Nc3ccccc3C(F)(F)F)cc2)CCOC1)c1cnco1. The van der Waals surface area contributed by atoms with E-state index in [2.05, 4.69) is 20.9 Å². The van der Waals surface area contributed by atoms with Gasteiger partial charge in [-0.15, -0.1) is 0 Å². The van der Waals surface area contributed by atoms with E-state index >= 15 is 0 Å². The molecule has 0 spiro atoms. The van der Waals surface area contributed by atoms with Crippen LogP contribution in [0, 0.1) is 0 Å². The minimum absolute atomic E-state index is 0.0141. The summed E-state index contributed by atoms with van der Waals surface area (Å²) in [6, 6.07) is 11.8. The number of nitrogens with one attached hydrogen (secondary N) is 3. The maximum atomic E-state index is 13.2. The number of anilines is 2. The van der Waals surface area contributed by atoms with E-state index in [1.54, 1.807) is 24.3 Å². The van der Waals surface area contributed by atoms with Crippen molar-refractivity contribution in [3.8, 4) is 0 Å². The highest BCUT2D eigenvalue weighted by atomic mass is 19.4. The molecule has 1 aliphatic rings. The van der Waals surface area contributed by atoms with Gasteiger partial charge in [-0.25, -0.2) is 4.98 Å². The smallest absolute Gasteiger partial charge is 0.418 e. The summed E-state index contributed by atoms with van der Waals surface area (Å²) in [5, 5.41) is 8.23. The molecule has 1 fully saturated rings. The van der Waals surface area contributed by atoms with Gasteiger partial charge in [0.15, 0.2) is 6.39 Å². The Balaban J connectivity index is 1.38. The van der Waals surface area contributed by atoms with Crippen molar-refractivity contribution in [2.75, 3.05) is 18.5 Å². The quantitative estimate of drug-likeness (QED) is 0.483. The zero-order valence-electron chi connectivity index (χ0n) is 17.8. The number of ether oxygens (including phenoxy) is 1. The van der Waals surface area contributed by atoms with Gasteiger partial charge in [-0.2, -0.15) is 13.2 Å². The number of nitrogens with zero attached hydrogens (tertiary/aromatic N) is 1. The number of carbonyl (C=O) groups excluding carboxylic acids is 2. The van der Waals surface area contributed by atoms with Crippen molar-refractivity contribution in [1.29, 1.82) is 0 Å². The van der Waals surface area contributed by atoms with Crippen LogP contribution in [0.3, 0.4) is 0 Å². The first-order valence-corrected chi connectivity index (χ1v) is 10.4. The Hall–Kier alpha value is -3.86. The van der Waals surface area contributed by atoms with Crippen molar-refractivity contribution in [2.24, 2.45) is 0 Å². The Kier molecular flexibility index (Phi) is 6.55. The van der Waals surface area contributed by atoms with E-state index < -0.39 is 29.1 Å². The van der Waals surface area contributed by atoms with Crippen molar-refractivity contribution >= 4 is 23.2 Å². The number of benzene rings is 2. The number of amides is 2. The molecule has 1 atom stereocenters. The Morgan fingerprint density at radius 1 is 1.09 bits per heavy atom.